The molecule has 0 atom stereocenters. The van der Waals surface area contributed by atoms with Crippen LogP contribution in [-0.2, 0) is 12.6 Å². The second-order valence-electron chi connectivity index (χ2n) is 7.60. The molecule has 1 amide bonds. The number of nitrogens with zero attached hydrogens (tertiary/aromatic N) is 4. The molecule has 3 aromatic rings. The number of benzene rings is 1. The van der Waals surface area contributed by atoms with Crippen molar-refractivity contribution in [3.63, 3.8) is 0 Å². The van der Waals surface area contributed by atoms with Gasteiger partial charge in [-0.2, -0.15) is 18.3 Å². The number of pyridine rings is 1. The Kier molecular flexibility index (Phi) is 5.51. The standard InChI is InChI=1S/C22H20F4N4O/c1-14-20(21(31)29-6-2-3-7-29)13-30(28-14)19-4-5-27-18(12-19)10-15-8-16(22(24,25)26)11-17(23)9-15/h4-5,8-9,11-13H,2-3,6-7,10H2,1H3. The fourth-order valence-corrected chi connectivity index (χ4v) is 3.72. The second kappa shape index (κ2) is 8.13. The summed E-state index contributed by atoms with van der Waals surface area (Å²) in [6, 6.07) is 5.80. The summed E-state index contributed by atoms with van der Waals surface area (Å²) in [5.41, 5.74) is 1.30. The molecule has 2 aromatic heterocycles. The van der Waals surface area contributed by atoms with Crippen LogP contribution in [0.25, 0.3) is 5.69 Å². The number of aryl methyl sites for hydroxylation is 1. The predicted octanol–water partition coefficient (Wildman–Crippen LogP) is 4.56. The summed E-state index contributed by atoms with van der Waals surface area (Å²) in [5, 5.41) is 4.41. The van der Waals surface area contributed by atoms with Gasteiger partial charge in [-0.15, -0.1) is 0 Å². The Morgan fingerprint density at radius 1 is 1.13 bits per heavy atom. The highest BCUT2D eigenvalue weighted by molar-refractivity contribution is 5.95. The number of halogens is 4. The first-order valence-corrected chi connectivity index (χ1v) is 9.88. The molecule has 0 spiro atoms. The zero-order valence-corrected chi connectivity index (χ0v) is 16.8. The van der Waals surface area contributed by atoms with Gasteiger partial charge in [0.1, 0.15) is 5.82 Å². The Bertz CT molecular complexity index is 1120. The summed E-state index contributed by atoms with van der Waals surface area (Å²) in [5.74, 6) is -1.01. The van der Waals surface area contributed by atoms with Crippen LogP contribution in [0, 0.1) is 12.7 Å². The Balaban J connectivity index is 1.59. The first-order chi connectivity index (χ1) is 14.7. The summed E-state index contributed by atoms with van der Waals surface area (Å²) < 4.78 is 54.1. The molecule has 0 aliphatic carbocycles. The van der Waals surface area contributed by atoms with E-state index in [9.17, 15) is 22.4 Å². The third kappa shape index (κ3) is 4.60. The van der Waals surface area contributed by atoms with Gasteiger partial charge in [0.25, 0.3) is 5.91 Å². The van der Waals surface area contributed by atoms with Crippen LogP contribution >= 0.6 is 0 Å². The van der Waals surface area contributed by atoms with Crippen molar-refractivity contribution in [1.29, 1.82) is 0 Å². The highest BCUT2D eigenvalue weighted by Crippen LogP contribution is 2.31. The molecule has 1 fully saturated rings. The molecule has 162 valence electrons. The van der Waals surface area contributed by atoms with Crippen molar-refractivity contribution < 1.29 is 22.4 Å². The number of amides is 1. The van der Waals surface area contributed by atoms with E-state index in [0.717, 1.165) is 38.1 Å². The number of carbonyl (C=O) groups excluding carboxylic acids is 1. The van der Waals surface area contributed by atoms with Gasteiger partial charge in [0.2, 0.25) is 0 Å². The Morgan fingerprint density at radius 2 is 1.87 bits per heavy atom. The van der Waals surface area contributed by atoms with Crippen LogP contribution in [0.1, 0.15) is 45.7 Å². The van der Waals surface area contributed by atoms with Crippen LogP contribution in [0.5, 0.6) is 0 Å². The van der Waals surface area contributed by atoms with Crippen molar-refractivity contribution in [2.24, 2.45) is 0 Å². The maximum absolute atomic E-state index is 13.7. The molecular weight excluding hydrogens is 412 g/mol. The van der Waals surface area contributed by atoms with Gasteiger partial charge in [-0.1, -0.05) is 0 Å². The molecule has 1 aromatic carbocycles. The lowest BCUT2D eigenvalue weighted by Crippen LogP contribution is -2.27. The molecule has 0 bridgehead atoms. The van der Waals surface area contributed by atoms with Crippen molar-refractivity contribution in [3.8, 4) is 5.69 Å². The monoisotopic (exact) mass is 432 g/mol. The number of carbonyl (C=O) groups is 1. The van der Waals surface area contributed by atoms with Crippen LogP contribution in [0.2, 0.25) is 0 Å². The lowest BCUT2D eigenvalue weighted by molar-refractivity contribution is -0.137. The van der Waals surface area contributed by atoms with E-state index in [0.29, 0.717) is 28.7 Å². The lowest BCUT2D eigenvalue weighted by atomic mass is 10.0. The van der Waals surface area contributed by atoms with E-state index in [1.165, 1.54) is 6.20 Å². The average molecular weight is 432 g/mol. The topological polar surface area (TPSA) is 51.0 Å². The molecule has 1 aliphatic rings. The number of alkyl halides is 3. The van der Waals surface area contributed by atoms with Crippen molar-refractivity contribution in [2.75, 3.05) is 13.1 Å². The molecule has 3 heterocycles. The number of rotatable bonds is 4. The summed E-state index contributed by atoms with van der Waals surface area (Å²) in [7, 11) is 0. The van der Waals surface area contributed by atoms with E-state index in [2.05, 4.69) is 10.1 Å². The predicted molar refractivity (Wildman–Crippen MR) is 105 cm³/mol. The number of likely N-dealkylation sites (tertiary alicyclic amines) is 1. The summed E-state index contributed by atoms with van der Waals surface area (Å²) in [6.45, 7) is 3.22. The molecule has 0 radical (unpaired) electrons. The van der Waals surface area contributed by atoms with E-state index in [4.69, 9.17) is 0 Å². The minimum absolute atomic E-state index is 0.0223. The van der Waals surface area contributed by atoms with Gasteiger partial charge < -0.3 is 4.90 Å². The molecule has 0 unspecified atom stereocenters. The van der Waals surface area contributed by atoms with E-state index < -0.39 is 17.6 Å². The largest absolute Gasteiger partial charge is 0.416 e. The highest BCUT2D eigenvalue weighted by atomic mass is 19.4. The molecule has 9 heteroatoms. The summed E-state index contributed by atoms with van der Waals surface area (Å²) >= 11 is 0. The molecule has 0 saturated carbocycles. The maximum Gasteiger partial charge on any atom is 0.416 e. The molecule has 1 saturated heterocycles. The smallest absolute Gasteiger partial charge is 0.339 e. The van der Waals surface area contributed by atoms with Crippen LogP contribution in [0.3, 0.4) is 0 Å². The van der Waals surface area contributed by atoms with Crippen LogP contribution in [-0.4, -0.2) is 38.7 Å². The second-order valence-corrected chi connectivity index (χ2v) is 7.60. The fraction of sp³-hybridized carbons (Fsp3) is 0.318. The molecular formula is C22H20F4N4O. The molecule has 4 rings (SSSR count). The quantitative estimate of drug-likeness (QED) is 0.568. The van der Waals surface area contributed by atoms with Gasteiger partial charge in [-0.25, -0.2) is 9.07 Å². The lowest BCUT2D eigenvalue weighted by Gasteiger charge is -2.14. The summed E-state index contributed by atoms with van der Waals surface area (Å²) in [4.78, 5) is 18.7. The van der Waals surface area contributed by atoms with Gasteiger partial charge in [-0.3, -0.25) is 9.78 Å². The van der Waals surface area contributed by atoms with Crippen LogP contribution in [0.4, 0.5) is 17.6 Å². The SMILES string of the molecule is Cc1nn(-c2ccnc(Cc3cc(F)cc(C(F)(F)F)c3)c2)cc1C(=O)N1CCCC1. The number of hydrogen-bond acceptors (Lipinski definition) is 3. The zero-order valence-electron chi connectivity index (χ0n) is 16.8. The van der Waals surface area contributed by atoms with Crippen LogP contribution < -0.4 is 0 Å². The Hall–Kier alpha value is -3.23. The van der Waals surface area contributed by atoms with E-state index >= 15 is 0 Å². The normalized spacial score (nSPS) is 14.3. The maximum atomic E-state index is 13.7. The average Bonchev–Trinajstić information content (AvgIpc) is 3.36. The fourth-order valence-electron chi connectivity index (χ4n) is 3.72. The van der Waals surface area contributed by atoms with Crippen molar-refractivity contribution in [3.05, 3.63) is 76.6 Å². The van der Waals surface area contributed by atoms with Crippen molar-refractivity contribution in [1.82, 2.24) is 19.7 Å². The van der Waals surface area contributed by atoms with Gasteiger partial charge in [-0.05, 0) is 55.7 Å². The van der Waals surface area contributed by atoms with Gasteiger partial charge in [0.05, 0.1) is 22.5 Å². The van der Waals surface area contributed by atoms with E-state index in [-0.39, 0.29) is 17.9 Å². The Labute approximate surface area is 176 Å². The first-order valence-electron chi connectivity index (χ1n) is 9.88. The Morgan fingerprint density at radius 3 is 2.58 bits per heavy atom. The third-order valence-corrected chi connectivity index (χ3v) is 5.26. The minimum atomic E-state index is -4.63. The third-order valence-electron chi connectivity index (χ3n) is 5.26. The van der Waals surface area contributed by atoms with Crippen LogP contribution in [0.15, 0.2) is 42.7 Å². The minimum Gasteiger partial charge on any atom is -0.339 e. The van der Waals surface area contributed by atoms with Gasteiger partial charge >= 0.3 is 6.18 Å². The highest BCUT2D eigenvalue weighted by Gasteiger charge is 2.31. The summed E-state index contributed by atoms with van der Waals surface area (Å²) in [6.07, 6.45) is 0.531. The molecule has 31 heavy (non-hydrogen) atoms. The van der Waals surface area contributed by atoms with Gasteiger partial charge in [0.15, 0.2) is 0 Å². The van der Waals surface area contributed by atoms with E-state index in [1.807, 2.05) is 0 Å². The number of hydrogen-bond donors (Lipinski definition) is 0. The number of aromatic nitrogens is 3. The van der Waals surface area contributed by atoms with Crippen molar-refractivity contribution >= 4 is 5.91 Å². The molecule has 0 N–H and O–H groups in total. The first kappa shape index (κ1) is 21.0. The van der Waals surface area contributed by atoms with Crippen molar-refractivity contribution in [2.45, 2.75) is 32.4 Å². The molecule has 1 aliphatic heterocycles. The zero-order chi connectivity index (χ0) is 22.2. The van der Waals surface area contributed by atoms with E-state index in [1.54, 1.807) is 34.8 Å². The van der Waals surface area contributed by atoms with Gasteiger partial charge in [0, 0.05) is 37.6 Å². The molecule has 5 nitrogen and oxygen atoms in total.